The third kappa shape index (κ3) is 4.40. The first-order valence-corrected chi connectivity index (χ1v) is 5.05. The van der Waals surface area contributed by atoms with Gasteiger partial charge >= 0.3 is 5.97 Å². The Kier molecular flexibility index (Phi) is 5.46. The van der Waals surface area contributed by atoms with Gasteiger partial charge in [0.05, 0.1) is 6.04 Å². The number of Topliss-reactive ketones (excluding diaryl/α,β-unsaturated/α-hetero) is 1. The highest BCUT2D eigenvalue weighted by Crippen LogP contribution is 2.11. The highest BCUT2D eigenvalue weighted by atomic mass is 16.4. The fourth-order valence-corrected chi connectivity index (χ4v) is 1.46. The average Bonchev–Trinajstić information content (AvgIpc) is 2.00. The molecule has 5 nitrogen and oxygen atoms in total. The van der Waals surface area contributed by atoms with Crippen molar-refractivity contribution in [2.75, 3.05) is 0 Å². The summed E-state index contributed by atoms with van der Waals surface area (Å²) in [4.78, 5) is 22.5. The van der Waals surface area contributed by atoms with Gasteiger partial charge in [-0.05, 0) is 19.3 Å². The minimum absolute atomic E-state index is 0.256. The molecule has 0 saturated carbocycles. The van der Waals surface area contributed by atoms with Crippen molar-refractivity contribution in [2.45, 2.75) is 39.3 Å². The van der Waals surface area contributed by atoms with Gasteiger partial charge in [-0.25, -0.2) is 0 Å². The summed E-state index contributed by atoms with van der Waals surface area (Å²) >= 11 is 0. The van der Waals surface area contributed by atoms with Gasteiger partial charge in [0.25, 0.3) is 0 Å². The molecule has 2 unspecified atom stereocenters. The summed E-state index contributed by atoms with van der Waals surface area (Å²) in [5.74, 6) is -2.62. The Labute approximate surface area is 89.8 Å². The van der Waals surface area contributed by atoms with Gasteiger partial charge in [-0.15, -0.1) is 0 Å². The van der Waals surface area contributed by atoms with E-state index in [1.165, 1.54) is 6.92 Å². The second-order valence-corrected chi connectivity index (χ2v) is 4.31. The van der Waals surface area contributed by atoms with E-state index in [9.17, 15) is 9.59 Å². The minimum Gasteiger partial charge on any atom is -0.481 e. The number of carbonyl (C=O) groups is 2. The maximum atomic E-state index is 11.7. The predicted octanol–water partition coefficient (Wildman–Crippen LogP) is -0.0231. The number of hydrogen-bond acceptors (Lipinski definition) is 4. The van der Waals surface area contributed by atoms with E-state index in [2.05, 4.69) is 0 Å². The van der Waals surface area contributed by atoms with E-state index in [-0.39, 0.29) is 5.92 Å². The first kappa shape index (κ1) is 14.1. The lowest BCUT2D eigenvalue weighted by atomic mass is 9.89. The molecule has 0 rings (SSSR count). The quantitative estimate of drug-likeness (QED) is 0.541. The van der Waals surface area contributed by atoms with Crippen LogP contribution in [-0.2, 0) is 9.59 Å². The summed E-state index contributed by atoms with van der Waals surface area (Å²) in [6.07, 6.45) is 0.481. The lowest BCUT2D eigenvalue weighted by Gasteiger charge is -2.20. The zero-order valence-corrected chi connectivity index (χ0v) is 9.43. The molecule has 5 N–H and O–H groups in total. The Bertz CT molecular complexity index is 239. The van der Waals surface area contributed by atoms with Crippen LogP contribution in [-0.4, -0.2) is 28.9 Å². The highest BCUT2D eigenvalue weighted by molar-refractivity contribution is 6.01. The van der Waals surface area contributed by atoms with E-state index in [0.29, 0.717) is 6.42 Å². The van der Waals surface area contributed by atoms with Crippen molar-refractivity contribution in [3.8, 4) is 0 Å². The molecule has 0 aromatic heterocycles. The number of aliphatic carboxylic acids is 1. The molecule has 88 valence electrons. The fourth-order valence-electron chi connectivity index (χ4n) is 1.46. The van der Waals surface area contributed by atoms with E-state index < -0.39 is 29.8 Å². The molecule has 0 bridgehead atoms. The molecule has 3 atom stereocenters. The topological polar surface area (TPSA) is 106 Å². The standard InChI is InChI=1S/C10H20N2O3/c1-5(2)4-7(12)9(13)8(6(3)11)10(14)15/h5-8H,4,11-12H2,1-3H3,(H,14,15)/t6?,7-,8?/m0/s1. The molecule has 0 aromatic carbocycles. The first-order chi connectivity index (χ1) is 6.77. The largest absolute Gasteiger partial charge is 0.481 e. The van der Waals surface area contributed by atoms with Crippen LogP contribution in [0.1, 0.15) is 27.2 Å². The molecule has 15 heavy (non-hydrogen) atoms. The number of hydrogen-bond donors (Lipinski definition) is 3. The van der Waals surface area contributed by atoms with Crippen LogP contribution in [0.3, 0.4) is 0 Å². The lowest BCUT2D eigenvalue weighted by molar-refractivity contribution is -0.147. The number of carboxylic acids is 1. The van der Waals surface area contributed by atoms with E-state index in [4.69, 9.17) is 16.6 Å². The SMILES string of the molecule is CC(C)C[C@H](N)C(=O)C(C(=O)O)C(C)N. The van der Waals surface area contributed by atoms with E-state index in [1.54, 1.807) is 0 Å². The minimum atomic E-state index is -1.20. The van der Waals surface area contributed by atoms with Gasteiger partial charge in [-0.2, -0.15) is 0 Å². The molecule has 0 aliphatic rings. The third-order valence-corrected chi connectivity index (χ3v) is 2.19. The maximum absolute atomic E-state index is 11.7. The summed E-state index contributed by atoms with van der Waals surface area (Å²) in [5, 5.41) is 8.84. The highest BCUT2D eigenvalue weighted by Gasteiger charge is 2.33. The Morgan fingerprint density at radius 2 is 1.67 bits per heavy atom. The number of rotatable bonds is 6. The third-order valence-electron chi connectivity index (χ3n) is 2.19. The van der Waals surface area contributed by atoms with Gasteiger partial charge in [0.15, 0.2) is 5.78 Å². The Balaban J connectivity index is 4.57. The van der Waals surface area contributed by atoms with Gasteiger partial charge in [-0.1, -0.05) is 13.8 Å². The van der Waals surface area contributed by atoms with E-state index in [1.807, 2.05) is 13.8 Å². The number of carbonyl (C=O) groups excluding carboxylic acids is 1. The van der Waals surface area contributed by atoms with Crippen LogP contribution >= 0.6 is 0 Å². The Morgan fingerprint density at radius 1 is 1.20 bits per heavy atom. The van der Waals surface area contributed by atoms with Crippen LogP contribution in [0.5, 0.6) is 0 Å². The van der Waals surface area contributed by atoms with Gasteiger partial charge in [0.1, 0.15) is 5.92 Å². The summed E-state index contributed by atoms with van der Waals surface area (Å²) in [6.45, 7) is 5.35. The summed E-state index contributed by atoms with van der Waals surface area (Å²) in [5.41, 5.74) is 11.1. The van der Waals surface area contributed by atoms with Crippen molar-refractivity contribution in [3.63, 3.8) is 0 Å². The van der Waals surface area contributed by atoms with Crippen molar-refractivity contribution >= 4 is 11.8 Å². The van der Waals surface area contributed by atoms with Gasteiger partial charge in [0, 0.05) is 6.04 Å². The van der Waals surface area contributed by atoms with Crippen molar-refractivity contribution < 1.29 is 14.7 Å². The van der Waals surface area contributed by atoms with Crippen LogP contribution in [0.15, 0.2) is 0 Å². The number of nitrogens with two attached hydrogens (primary N) is 2. The Morgan fingerprint density at radius 3 is 1.93 bits per heavy atom. The van der Waals surface area contributed by atoms with Crippen molar-refractivity contribution in [3.05, 3.63) is 0 Å². The molecule has 0 amide bonds. The van der Waals surface area contributed by atoms with Crippen molar-refractivity contribution in [2.24, 2.45) is 23.3 Å². The summed E-state index contributed by atoms with van der Waals surface area (Å²) in [7, 11) is 0. The zero-order valence-electron chi connectivity index (χ0n) is 9.43. The molecule has 0 saturated heterocycles. The smallest absolute Gasteiger partial charge is 0.315 e. The van der Waals surface area contributed by atoms with Crippen molar-refractivity contribution in [1.82, 2.24) is 0 Å². The molecule has 5 heteroatoms. The van der Waals surface area contributed by atoms with E-state index >= 15 is 0 Å². The zero-order chi connectivity index (χ0) is 12.2. The lowest BCUT2D eigenvalue weighted by Crippen LogP contribution is -2.46. The van der Waals surface area contributed by atoms with Gasteiger partial charge in [-0.3, -0.25) is 9.59 Å². The maximum Gasteiger partial charge on any atom is 0.315 e. The monoisotopic (exact) mass is 216 g/mol. The first-order valence-electron chi connectivity index (χ1n) is 5.05. The summed E-state index contributed by atoms with van der Waals surface area (Å²) in [6, 6.07) is -1.45. The molecule has 0 aliphatic carbocycles. The predicted molar refractivity (Wildman–Crippen MR) is 57.2 cm³/mol. The molecular weight excluding hydrogens is 196 g/mol. The second-order valence-electron chi connectivity index (χ2n) is 4.31. The van der Waals surface area contributed by atoms with E-state index in [0.717, 1.165) is 0 Å². The normalized spacial score (nSPS) is 17.2. The second kappa shape index (κ2) is 5.82. The van der Waals surface area contributed by atoms with Crippen molar-refractivity contribution in [1.29, 1.82) is 0 Å². The Hall–Kier alpha value is -0.940. The van der Waals surface area contributed by atoms with Crippen LogP contribution in [0.4, 0.5) is 0 Å². The van der Waals surface area contributed by atoms with Crippen LogP contribution < -0.4 is 11.5 Å². The van der Waals surface area contributed by atoms with Gasteiger partial charge < -0.3 is 16.6 Å². The van der Waals surface area contributed by atoms with Gasteiger partial charge in [0.2, 0.25) is 0 Å². The number of carboxylic acid groups (broad SMARTS) is 1. The molecule has 0 aliphatic heterocycles. The number of ketones is 1. The van der Waals surface area contributed by atoms with Crippen LogP contribution in [0.2, 0.25) is 0 Å². The summed E-state index contributed by atoms with van der Waals surface area (Å²) < 4.78 is 0. The molecule has 0 heterocycles. The molecular formula is C10H20N2O3. The molecule has 0 aromatic rings. The molecule has 0 spiro atoms. The average molecular weight is 216 g/mol. The van der Waals surface area contributed by atoms with Crippen LogP contribution in [0.25, 0.3) is 0 Å². The van der Waals surface area contributed by atoms with Crippen LogP contribution in [0, 0.1) is 11.8 Å². The molecule has 0 radical (unpaired) electrons. The fraction of sp³-hybridized carbons (Fsp3) is 0.800. The molecule has 0 fully saturated rings.